The number of hydrogen-bond donors (Lipinski definition) is 1. The minimum atomic E-state index is -0.0308. The third kappa shape index (κ3) is 4.79. The van der Waals surface area contributed by atoms with E-state index in [-0.39, 0.29) is 5.91 Å². The smallest absolute Gasteiger partial charge is 0.220 e. The van der Waals surface area contributed by atoms with E-state index in [1.807, 2.05) is 24.4 Å². The average molecular weight is 369 g/mol. The quantitative estimate of drug-likeness (QED) is 0.667. The van der Waals surface area contributed by atoms with Crippen molar-refractivity contribution in [1.29, 1.82) is 0 Å². The van der Waals surface area contributed by atoms with Gasteiger partial charge < -0.3 is 9.73 Å². The third-order valence-electron chi connectivity index (χ3n) is 4.11. The second-order valence-corrected chi connectivity index (χ2v) is 7.59. The molecule has 0 bridgehead atoms. The third-order valence-corrected chi connectivity index (χ3v) is 4.94. The largest absolute Gasteiger partial charge is 0.441 e. The van der Waals surface area contributed by atoms with Gasteiger partial charge in [-0.25, -0.2) is 9.97 Å². The van der Waals surface area contributed by atoms with Gasteiger partial charge in [-0.3, -0.25) is 4.79 Å². The summed E-state index contributed by atoms with van der Waals surface area (Å²) in [6.07, 6.45) is 2.54. The van der Waals surface area contributed by atoms with Crippen LogP contribution in [0.1, 0.15) is 48.3 Å². The molecule has 2 heterocycles. The first-order valence-corrected chi connectivity index (χ1v) is 9.62. The van der Waals surface area contributed by atoms with Gasteiger partial charge in [0.15, 0.2) is 11.7 Å². The number of benzene rings is 1. The molecule has 136 valence electrons. The molecule has 26 heavy (non-hydrogen) atoms. The maximum atomic E-state index is 12.0. The van der Waals surface area contributed by atoms with Gasteiger partial charge in [0.1, 0.15) is 0 Å². The number of nitrogens with zero attached hydrogens (tertiary/aromatic N) is 2. The fourth-order valence-corrected chi connectivity index (χ4v) is 3.19. The molecule has 0 aliphatic rings. The molecule has 2 aromatic heterocycles. The number of nitrogens with one attached hydrogen (secondary N) is 1. The van der Waals surface area contributed by atoms with E-state index >= 15 is 0 Å². The molecule has 0 unspecified atom stereocenters. The lowest BCUT2D eigenvalue weighted by molar-refractivity contribution is -0.121. The summed E-state index contributed by atoms with van der Waals surface area (Å²) in [7, 11) is 0. The van der Waals surface area contributed by atoms with Gasteiger partial charge in [0, 0.05) is 23.8 Å². The molecule has 0 fully saturated rings. The lowest BCUT2D eigenvalue weighted by Gasteiger charge is -2.05. The van der Waals surface area contributed by atoms with Crippen molar-refractivity contribution in [3.63, 3.8) is 0 Å². The lowest BCUT2D eigenvalue weighted by Crippen LogP contribution is -2.23. The molecule has 1 amide bonds. The van der Waals surface area contributed by atoms with Gasteiger partial charge in [0.25, 0.3) is 0 Å². The summed E-state index contributed by atoms with van der Waals surface area (Å²) in [6, 6.07) is 8.30. The van der Waals surface area contributed by atoms with Crippen LogP contribution in [0.25, 0.3) is 11.3 Å². The minimum absolute atomic E-state index is 0.0308. The van der Waals surface area contributed by atoms with Gasteiger partial charge in [-0.05, 0) is 18.4 Å². The van der Waals surface area contributed by atoms with E-state index < -0.39 is 0 Å². The van der Waals surface area contributed by atoms with Crippen LogP contribution in [0.4, 0.5) is 0 Å². The fraction of sp³-hybridized carbons (Fsp3) is 0.350. The Kier molecular flexibility index (Phi) is 5.83. The molecule has 6 heteroatoms. The van der Waals surface area contributed by atoms with Gasteiger partial charge in [-0.2, -0.15) is 0 Å². The van der Waals surface area contributed by atoms with Crippen LogP contribution in [0.5, 0.6) is 0 Å². The van der Waals surface area contributed by atoms with Crippen molar-refractivity contribution in [3.8, 4) is 11.3 Å². The van der Waals surface area contributed by atoms with Gasteiger partial charge >= 0.3 is 0 Å². The Labute approximate surface area is 157 Å². The van der Waals surface area contributed by atoms with Crippen LogP contribution >= 0.6 is 11.3 Å². The number of thiazole rings is 1. The predicted molar refractivity (Wildman–Crippen MR) is 103 cm³/mol. The zero-order valence-electron chi connectivity index (χ0n) is 15.3. The zero-order valence-corrected chi connectivity index (χ0v) is 16.1. The van der Waals surface area contributed by atoms with Gasteiger partial charge in [-0.1, -0.05) is 38.1 Å². The highest BCUT2D eigenvalue weighted by Crippen LogP contribution is 2.23. The van der Waals surface area contributed by atoms with Crippen LogP contribution < -0.4 is 5.32 Å². The Morgan fingerprint density at radius 3 is 2.69 bits per heavy atom. The number of carbonyl (C=O) groups is 1. The molecule has 0 radical (unpaired) electrons. The molecule has 0 aliphatic heterocycles. The molecular formula is C20H23N3O2S. The summed E-state index contributed by atoms with van der Waals surface area (Å²) in [5.41, 5.74) is 3.18. The van der Waals surface area contributed by atoms with E-state index in [4.69, 9.17) is 4.42 Å². The molecule has 0 atom stereocenters. The number of carbonyl (C=O) groups excluding carboxylic acids is 1. The highest BCUT2D eigenvalue weighted by molar-refractivity contribution is 7.09. The van der Waals surface area contributed by atoms with Crippen LogP contribution in [-0.2, 0) is 17.8 Å². The monoisotopic (exact) mass is 369 g/mol. The molecule has 0 saturated heterocycles. The maximum Gasteiger partial charge on any atom is 0.220 e. The Bertz CT molecular complexity index is 865. The van der Waals surface area contributed by atoms with Crippen LogP contribution in [0, 0.1) is 6.92 Å². The van der Waals surface area contributed by atoms with Gasteiger partial charge in [-0.15, -0.1) is 11.3 Å². The average Bonchev–Trinajstić information content (AvgIpc) is 3.27. The van der Waals surface area contributed by atoms with E-state index in [0.717, 1.165) is 22.0 Å². The molecule has 0 saturated carbocycles. The second-order valence-electron chi connectivity index (χ2n) is 6.53. The van der Waals surface area contributed by atoms with E-state index in [9.17, 15) is 4.79 Å². The zero-order chi connectivity index (χ0) is 18.5. The number of amides is 1. The maximum absolute atomic E-state index is 12.0. The molecule has 0 aliphatic carbocycles. The SMILES string of the molecule is Cc1nc(CNC(=O)CCc2ncc(-c3ccc(C(C)C)cc3)o2)cs1. The molecule has 0 spiro atoms. The topological polar surface area (TPSA) is 68.0 Å². The summed E-state index contributed by atoms with van der Waals surface area (Å²) in [5.74, 6) is 1.78. The molecule has 1 aromatic carbocycles. The van der Waals surface area contributed by atoms with Gasteiger partial charge in [0.2, 0.25) is 5.91 Å². The number of aryl methyl sites for hydroxylation is 2. The van der Waals surface area contributed by atoms with Crippen LogP contribution in [0.3, 0.4) is 0 Å². The molecule has 3 rings (SSSR count). The van der Waals surface area contributed by atoms with Crippen molar-refractivity contribution in [1.82, 2.24) is 15.3 Å². The first-order valence-electron chi connectivity index (χ1n) is 8.74. The summed E-state index contributed by atoms with van der Waals surface area (Å²) >= 11 is 1.58. The van der Waals surface area contributed by atoms with E-state index in [1.165, 1.54) is 5.56 Å². The summed E-state index contributed by atoms with van der Waals surface area (Å²) in [4.78, 5) is 20.6. The molecular weight excluding hydrogens is 346 g/mol. The fourth-order valence-electron chi connectivity index (χ4n) is 2.58. The van der Waals surface area contributed by atoms with Crippen LogP contribution in [-0.4, -0.2) is 15.9 Å². The number of oxazole rings is 1. The standard InChI is InChI=1S/C20H23N3O2S/c1-13(2)15-4-6-16(7-5-15)18-11-22-20(25-18)9-8-19(24)21-10-17-12-26-14(3)23-17/h4-7,11-13H,8-10H2,1-3H3,(H,21,24). The van der Waals surface area contributed by atoms with Crippen molar-refractivity contribution >= 4 is 17.2 Å². The summed E-state index contributed by atoms with van der Waals surface area (Å²) in [6.45, 7) is 6.75. The molecule has 1 N–H and O–H groups in total. The highest BCUT2D eigenvalue weighted by Gasteiger charge is 2.10. The Balaban J connectivity index is 1.50. The summed E-state index contributed by atoms with van der Waals surface area (Å²) in [5, 5.41) is 5.84. The van der Waals surface area contributed by atoms with Crippen molar-refractivity contribution in [3.05, 3.63) is 58.0 Å². The Morgan fingerprint density at radius 2 is 2.04 bits per heavy atom. The number of rotatable bonds is 7. The predicted octanol–water partition coefficient (Wildman–Crippen LogP) is 4.48. The normalized spacial score (nSPS) is 11.1. The first kappa shape index (κ1) is 18.3. The number of hydrogen-bond acceptors (Lipinski definition) is 5. The summed E-state index contributed by atoms with van der Waals surface area (Å²) < 4.78 is 5.78. The Hall–Kier alpha value is -2.47. The first-order chi connectivity index (χ1) is 12.5. The number of aromatic nitrogens is 2. The lowest BCUT2D eigenvalue weighted by atomic mass is 10.0. The van der Waals surface area contributed by atoms with Crippen molar-refractivity contribution in [2.24, 2.45) is 0 Å². The molecule has 5 nitrogen and oxygen atoms in total. The van der Waals surface area contributed by atoms with Crippen LogP contribution in [0.15, 0.2) is 40.3 Å². The van der Waals surface area contributed by atoms with E-state index in [0.29, 0.717) is 31.2 Å². The highest BCUT2D eigenvalue weighted by atomic mass is 32.1. The Morgan fingerprint density at radius 1 is 1.27 bits per heavy atom. The molecule has 3 aromatic rings. The van der Waals surface area contributed by atoms with E-state index in [2.05, 4.69) is 41.3 Å². The van der Waals surface area contributed by atoms with Crippen molar-refractivity contribution in [2.75, 3.05) is 0 Å². The van der Waals surface area contributed by atoms with Crippen molar-refractivity contribution < 1.29 is 9.21 Å². The minimum Gasteiger partial charge on any atom is -0.441 e. The van der Waals surface area contributed by atoms with E-state index in [1.54, 1.807) is 17.5 Å². The van der Waals surface area contributed by atoms with Gasteiger partial charge in [0.05, 0.1) is 23.4 Å². The van der Waals surface area contributed by atoms with Crippen molar-refractivity contribution in [2.45, 2.75) is 46.1 Å². The van der Waals surface area contributed by atoms with Crippen LogP contribution in [0.2, 0.25) is 0 Å². The second kappa shape index (κ2) is 8.27.